The Hall–Kier alpha value is -1.32. The molecule has 1 atom stereocenters. The third-order valence-electron chi connectivity index (χ3n) is 5.27. The number of carbonyl (C=O) groups excluding carboxylic acids is 1. The Kier molecular flexibility index (Phi) is 16.9. The normalized spacial score (nSPS) is 13.0. The smallest absolute Gasteiger partial charge is 0.326 e. The first-order valence-corrected chi connectivity index (χ1v) is 11.6. The van der Waals surface area contributed by atoms with E-state index in [2.05, 4.69) is 25.2 Å². The van der Waals surface area contributed by atoms with Crippen LogP contribution in [0.2, 0.25) is 0 Å². The van der Waals surface area contributed by atoms with Gasteiger partial charge in [0, 0.05) is 6.42 Å². The molecule has 2 N–H and O–H groups in total. The van der Waals surface area contributed by atoms with Gasteiger partial charge in [-0.05, 0) is 44.9 Å². The average molecular weight is 396 g/mol. The number of hydrogen-bond donors (Lipinski definition) is 2. The van der Waals surface area contributed by atoms with Crippen molar-refractivity contribution in [3.8, 4) is 0 Å². The van der Waals surface area contributed by atoms with E-state index in [1.165, 1.54) is 63.4 Å². The first kappa shape index (κ1) is 26.7. The molecule has 164 valence electrons. The lowest BCUT2D eigenvalue weighted by molar-refractivity contribution is -0.143. The molecule has 28 heavy (non-hydrogen) atoms. The number of carboxylic acids is 1. The van der Waals surface area contributed by atoms with Gasteiger partial charge >= 0.3 is 5.97 Å². The predicted molar refractivity (Wildman–Crippen MR) is 118 cm³/mol. The van der Waals surface area contributed by atoms with Gasteiger partial charge in [0.2, 0.25) is 5.91 Å². The molecule has 0 saturated carbocycles. The zero-order valence-corrected chi connectivity index (χ0v) is 18.9. The highest BCUT2D eigenvalue weighted by Crippen LogP contribution is 2.14. The molecule has 0 aliphatic rings. The van der Waals surface area contributed by atoms with Crippen molar-refractivity contribution in [3.05, 3.63) is 11.6 Å². The van der Waals surface area contributed by atoms with Crippen LogP contribution in [0.15, 0.2) is 11.6 Å². The Labute approximate surface area is 173 Å². The van der Waals surface area contributed by atoms with Crippen molar-refractivity contribution in [2.24, 2.45) is 5.92 Å². The zero-order chi connectivity index (χ0) is 21.2. The largest absolute Gasteiger partial charge is 0.480 e. The molecule has 4 heteroatoms. The molecule has 1 amide bonds. The van der Waals surface area contributed by atoms with Gasteiger partial charge in [-0.3, -0.25) is 4.79 Å². The van der Waals surface area contributed by atoms with Crippen LogP contribution in [0, 0.1) is 5.92 Å². The first-order chi connectivity index (χ1) is 13.4. The van der Waals surface area contributed by atoms with Crippen LogP contribution < -0.4 is 5.32 Å². The van der Waals surface area contributed by atoms with E-state index in [0.717, 1.165) is 25.7 Å². The van der Waals surface area contributed by atoms with E-state index in [1.807, 2.05) is 13.8 Å². The van der Waals surface area contributed by atoms with Gasteiger partial charge in [0.25, 0.3) is 0 Å². The SMILES string of the molecule is CCCCCCCC/C(C)=C\CCCCCCCC(=O)NC(C(=O)O)C(C)C. The van der Waals surface area contributed by atoms with Crippen LogP contribution in [-0.4, -0.2) is 23.0 Å². The van der Waals surface area contributed by atoms with Crippen LogP contribution in [0.3, 0.4) is 0 Å². The molecule has 0 fully saturated rings. The second kappa shape index (κ2) is 17.8. The first-order valence-electron chi connectivity index (χ1n) is 11.6. The number of rotatable bonds is 18. The van der Waals surface area contributed by atoms with Crippen LogP contribution in [0.4, 0.5) is 0 Å². The molecule has 0 saturated heterocycles. The van der Waals surface area contributed by atoms with E-state index in [1.54, 1.807) is 0 Å². The number of unbranched alkanes of at least 4 members (excludes halogenated alkanes) is 10. The Morgan fingerprint density at radius 3 is 1.96 bits per heavy atom. The van der Waals surface area contributed by atoms with Crippen LogP contribution in [-0.2, 0) is 9.59 Å². The second-order valence-electron chi connectivity index (χ2n) is 8.50. The van der Waals surface area contributed by atoms with Crippen LogP contribution in [0.5, 0.6) is 0 Å². The van der Waals surface area contributed by atoms with Crippen molar-refractivity contribution < 1.29 is 14.7 Å². The summed E-state index contributed by atoms with van der Waals surface area (Å²) in [6.07, 6.45) is 18.8. The average Bonchev–Trinajstić information content (AvgIpc) is 2.64. The summed E-state index contributed by atoms with van der Waals surface area (Å²) in [6.45, 7) is 8.13. The van der Waals surface area contributed by atoms with Crippen molar-refractivity contribution in [2.75, 3.05) is 0 Å². The highest BCUT2D eigenvalue weighted by molar-refractivity contribution is 5.83. The number of carbonyl (C=O) groups is 2. The molecule has 0 bridgehead atoms. The summed E-state index contributed by atoms with van der Waals surface area (Å²) in [5.41, 5.74) is 1.53. The van der Waals surface area contributed by atoms with Crippen molar-refractivity contribution in [3.63, 3.8) is 0 Å². The molecule has 1 unspecified atom stereocenters. The van der Waals surface area contributed by atoms with Gasteiger partial charge < -0.3 is 10.4 Å². The third-order valence-corrected chi connectivity index (χ3v) is 5.27. The third kappa shape index (κ3) is 15.7. The highest BCUT2D eigenvalue weighted by atomic mass is 16.4. The van der Waals surface area contributed by atoms with Crippen LogP contribution in [0.1, 0.15) is 118 Å². The number of allylic oxidation sites excluding steroid dienone is 2. The van der Waals surface area contributed by atoms with Gasteiger partial charge in [-0.15, -0.1) is 0 Å². The number of amides is 1. The van der Waals surface area contributed by atoms with Gasteiger partial charge in [-0.25, -0.2) is 4.79 Å². The van der Waals surface area contributed by atoms with Crippen LogP contribution in [0.25, 0.3) is 0 Å². The van der Waals surface area contributed by atoms with Crippen molar-refractivity contribution >= 4 is 11.9 Å². The summed E-state index contributed by atoms with van der Waals surface area (Å²) >= 11 is 0. The minimum Gasteiger partial charge on any atom is -0.480 e. The topological polar surface area (TPSA) is 66.4 Å². The lowest BCUT2D eigenvalue weighted by Gasteiger charge is -2.17. The summed E-state index contributed by atoms with van der Waals surface area (Å²) in [5.74, 6) is -1.20. The van der Waals surface area contributed by atoms with Gasteiger partial charge in [0.15, 0.2) is 0 Å². The van der Waals surface area contributed by atoms with E-state index in [0.29, 0.717) is 6.42 Å². The molecule has 0 aromatic heterocycles. The van der Waals surface area contributed by atoms with E-state index in [-0.39, 0.29) is 11.8 Å². The summed E-state index contributed by atoms with van der Waals surface area (Å²) in [4.78, 5) is 22.9. The molecular weight excluding hydrogens is 350 g/mol. The van der Waals surface area contributed by atoms with E-state index in [9.17, 15) is 9.59 Å². The minimum atomic E-state index is -0.955. The highest BCUT2D eigenvalue weighted by Gasteiger charge is 2.22. The fourth-order valence-corrected chi connectivity index (χ4v) is 3.35. The Balaban J connectivity index is 3.60. The summed E-state index contributed by atoms with van der Waals surface area (Å²) in [6, 6.07) is -0.779. The molecule has 0 radical (unpaired) electrons. The van der Waals surface area contributed by atoms with Crippen molar-refractivity contribution in [1.29, 1.82) is 0 Å². The number of aliphatic carboxylic acids is 1. The van der Waals surface area contributed by atoms with Gasteiger partial charge in [0.05, 0.1) is 0 Å². The maximum atomic E-state index is 11.9. The Bertz CT molecular complexity index is 443. The summed E-state index contributed by atoms with van der Waals surface area (Å²) in [7, 11) is 0. The molecule has 0 aromatic carbocycles. The standard InChI is InChI=1S/C24H45NO3/c1-5-6-7-8-11-14-17-21(4)18-15-12-9-10-13-16-19-22(26)25-23(20(2)3)24(27)28/h18,20,23H,5-17,19H2,1-4H3,(H,25,26)(H,27,28)/b21-18-. The molecular formula is C24H45NO3. The molecule has 0 spiro atoms. The Morgan fingerprint density at radius 1 is 0.857 bits per heavy atom. The monoisotopic (exact) mass is 395 g/mol. The van der Waals surface area contributed by atoms with Gasteiger partial charge in [-0.2, -0.15) is 0 Å². The van der Waals surface area contributed by atoms with Crippen molar-refractivity contribution in [1.82, 2.24) is 5.32 Å². The lowest BCUT2D eigenvalue weighted by atomic mass is 10.0. The fourth-order valence-electron chi connectivity index (χ4n) is 3.35. The maximum Gasteiger partial charge on any atom is 0.326 e. The molecule has 0 aromatic rings. The Morgan fingerprint density at radius 2 is 1.39 bits per heavy atom. The summed E-state index contributed by atoms with van der Waals surface area (Å²) in [5, 5.41) is 11.7. The van der Waals surface area contributed by atoms with E-state index >= 15 is 0 Å². The molecule has 4 nitrogen and oxygen atoms in total. The molecule has 0 aliphatic heterocycles. The maximum absolute atomic E-state index is 11.9. The van der Waals surface area contributed by atoms with Crippen LogP contribution >= 0.6 is 0 Å². The van der Waals surface area contributed by atoms with Gasteiger partial charge in [-0.1, -0.05) is 83.8 Å². The molecule has 0 heterocycles. The molecule has 0 rings (SSSR count). The summed E-state index contributed by atoms with van der Waals surface area (Å²) < 4.78 is 0. The van der Waals surface area contributed by atoms with E-state index < -0.39 is 12.0 Å². The van der Waals surface area contributed by atoms with E-state index in [4.69, 9.17) is 5.11 Å². The minimum absolute atomic E-state index is 0.0981. The predicted octanol–water partition coefficient (Wildman–Crippen LogP) is 6.64. The zero-order valence-electron chi connectivity index (χ0n) is 18.9. The number of carboxylic acid groups (broad SMARTS) is 1. The van der Waals surface area contributed by atoms with Crippen molar-refractivity contribution in [2.45, 2.75) is 124 Å². The molecule has 0 aliphatic carbocycles. The lowest BCUT2D eigenvalue weighted by Crippen LogP contribution is -2.44. The quantitative estimate of drug-likeness (QED) is 0.202. The van der Waals surface area contributed by atoms with Gasteiger partial charge in [0.1, 0.15) is 6.04 Å². The fraction of sp³-hybridized carbons (Fsp3) is 0.833. The second-order valence-corrected chi connectivity index (χ2v) is 8.50. The number of hydrogen-bond acceptors (Lipinski definition) is 2. The number of nitrogens with one attached hydrogen (secondary N) is 1.